The van der Waals surface area contributed by atoms with Crippen molar-refractivity contribution in [3.8, 4) is 11.5 Å². The van der Waals surface area contributed by atoms with Crippen LogP contribution in [0, 0.1) is 0 Å². The van der Waals surface area contributed by atoms with Gasteiger partial charge in [-0.15, -0.1) is 17.9 Å². The molecule has 3 aromatic rings. The molecule has 2 N–H and O–H groups in total. The van der Waals surface area contributed by atoms with Crippen molar-refractivity contribution in [1.82, 2.24) is 4.98 Å². The average molecular weight is 423 g/mol. The average Bonchev–Trinajstić information content (AvgIpc) is 3.26. The zero-order chi connectivity index (χ0) is 21.3. The van der Waals surface area contributed by atoms with Crippen LogP contribution >= 0.6 is 11.3 Å². The number of benzene rings is 2. The maximum Gasteiger partial charge on any atom is 0.262 e. The van der Waals surface area contributed by atoms with E-state index in [2.05, 4.69) is 22.2 Å². The molecule has 154 valence electrons. The van der Waals surface area contributed by atoms with Crippen molar-refractivity contribution >= 4 is 34.0 Å². The van der Waals surface area contributed by atoms with E-state index in [1.807, 2.05) is 12.1 Å². The van der Waals surface area contributed by atoms with Crippen molar-refractivity contribution in [3.05, 3.63) is 77.8 Å². The van der Waals surface area contributed by atoms with Gasteiger partial charge in [0.25, 0.3) is 11.8 Å². The summed E-state index contributed by atoms with van der Waals surface area (Å²) in [5.41, 5.74) is 2.06. The molecule has 0 saturated carbocycles. The Bertz CT molecular complexity index is 1020. The molecule has 0 fully saturated rings. The van der Waals surface area contributed by atoms with Gasteiger partial charge in [0.05, 0.1) is 7.11 Å². The first-order chi connectivity index (χ1) is 14.6. The molecule has 1 aromatic heterocycles. The van der Waals surface area contributed by atoms with E-state index in [-0.39, 0.29) is 18.4 Å². The van der Waals surface area contributed by atoms with E-state index in [0.29, 0.717) is 27.9 Å². The molecule has 7 nitrogen and oxygen atoms in total. The minimum absolute atomic E-state index is 0.177. The SMILES string of the molecule is C=CCc1ccc(OCC(=O)Nc2ccc(C(=O)Nc3nccs3)cc2)c(OC)c1. The predicted molar refractivity (Wildman–Crippen MR) is 118 cm³/mol. The van der Waals surface area contributed by atoms with E-state index in [4.69, 9.17) is 9.47 Å². The summed E-state index contributed by atoms with van der Waals surface area (Å²) in [5.74, 6) is 0.442. The Kier molecular flexibility index (Phi) is 7.18. The number of hydrogen-bond acceptors (Lipinski definition) is 6. The fourth-order valence-corrected chi connectivity index (χ4v) is 3.15. The van der Waals surface area contributed by atoms with Crippen LogP contribution in [0.4, 0.5) is 10.8 Å². The highest BCUT2D eigenvalue weighted by atomic mass is 32.1. The highest BCUT2D eigenvalue weighted by Gasteiger charge is 2.10. The number of carbonyl (C=O) groups excluding carboxylic acids is 2. The molecule has 2 amide bonds. The molecule has 0 saturated heterocycles. The van der Waals surface area contributed by atoms with Crippen LogP contribution in [-0.2, 0) is 11.2 Å². The molecule has 0 bridgehead atoms. The van der Waals surface area contributed by atoms with Crippen LogP contribution in [0.3, 0.4) is 0 Å². The molecule has 0 radical (unpaired) electrons. The van der Waals surface area contributed by atoms with E-state index in [9.17, 15) is 9.59 Å². The maximum absolute atomic E-state index is 12.2. The van der Waals surface area contributed by atoms with Gasteiger partial charge in [0, 0.05) is 22.8 Å². The van der Waals surface area contributed by atoms with Gasteiger partial charge in [-0.25, -0.2) is 4.98 Å². The molecule has 0 unspecified atom stereocenters. The van der Waals surface area contributed by atoms with Crippen molar-refractivity contribution < 1.29 is 19.1 Å². The molecule has 8 heteroatoms. The predicted octanol–water partition coefficient (Wildman–Crippen LogP) is 4.15. The van der Waals surface area contributed by atoms with Gasteiger partial charge in [0.15, 0.2) is 23.2 Å². The maximum atomic E-state index is 12.2. The number of ether oxygens (including phenoxy) is 2. The van der Waals surface area contributed by atoms with Crippen LogP contribution < -0.4 is 20.1 Å². The van der Waals surface area contributed by atoms with E-state index in [1.54, 1.807) is 55.1 Å². The van der Waals surface area contributed by atoms with Gasteiger partial charge in [0.1, 0.15) is 0 Å². The zero-order valence-electron chi connectivity index (χ0n) is 16.4. The summed E-state index contributed by atoms with van der Waals surface area (Å²) in [4.78, 5) is 28.4. The number of rotatable bonds is 9. The zero-order valence-corrected chi connectivity index (χ0v) is 17.2. The highest BCUT2D eigenvalue weighted by Crippen LogP contribution is 2.28. The third-order valence-electron chi connectivity index (χ3n) is 4.05. The quantitative estimate of drug-likeness (QED) is 0.505. The van der Waals surface area contributed by atoms with Crippen LogP contribution in [0.1, 0.15) is 15.9 Å². The fraction of sp³-hybridized carbons (Fsp3) is 0.136. The Morgan fingerprint density at radius 3 is 2.60 bits per heavy atom. The Hall–Kier alpha value is -3.65. The minimum Gasteiger partial charge on any atom is -0.493 e. The van der Waals surface area contributed by atoms with Crippen LogP contribution in [0.5, 0.6) is 11.5 Å². The number of hydrogen-bond donors (Lipinski definition) is 2. The lowest BCUT2D eigenvalue weighted by Gasteiger charge is -2.12. The number of methoxy groups -OCH3 is 1. The summed E-state index contributed by atoms with van der Waals surface area (Å²) in [6, 6.07) is 12.1. The Morgan fingerprint density at radius 2 is 1.93 bits per heavy atom. The fourth-order valence-electron chi connectivity index (χ4n) is 2.62. The summed E-state index contributed by atoms with van der Waals surface area (Å²) in [5, 5.41) is 7.75. The van der Waals surface area contributed by atoms with Crippen LogP contribution in [0.15, 0.2) is 66.7 Å². The number of nitrogens with zero attached hydrogens (tertiary/aromatic N) is 1. The van der Waals surface area contributed by atoms with Crippen molar-refractivity contribution in [3.63, 3.8) is 0 Å². The molecular weight excluding hydrogens is 402 g/mol. The first-order valence-corrected chi connectivity index (χ1v) is 9.98. The summed E-state index contributed by atoms with van der Waals surface area (Å²) in [6.45, 7) is 3.54. The summed E-state index contributed by atoms with van der Waals surface area (Å²) < 4.78 is 10.9. The van der Waals surface area contributed by atoms with E-state index < -0.39 is 0 Å². The van der Waals surface area contributed by atoms with Crippen LogP contribution in [-0.4, -0.2) is 30.5 Å². The second-order valence-corrected chi connectivity index (χ2v) is 7.08. The van der Waals surface area contributed by atoms with Gasteiger partial charge >= 0.3 is 0 Å². The smallest absolute Gasteiger partial charge is 0.262 e. The van der Waals surface area contributed by atoms with Crippen molar-refractivity contribution in [2.45, 2.75) is 6.42 Å². The van der Waals surface area contributed by atoms with Crippen LogP contribution in [0.2, 0.25) is 0 Å². The van der Waals surface area contributed by atoms with Crippen molar-refractivity contribution in [2.75, 3.05) is 24.4 Å². The standard InChI is InChI=1S/C22H21N3O4S/c1-3-4-15-5-10-18(19(13-15)28-2)29-14-20(26)24-17-8-6-16(7-9-17)21(27)25-22-23-11-12-30-22/h3,5-13H,1,4,14H2,2H3,(H,24,26)(H,23,25,27). The molecule has 0 aliphatic rings. The largest absolute Gasteiger partial charge is 0.493 e. The Labute approximate surface area is 178 Å². The number of carbonyl (C=O) groups is 2. The summed E-state index contributed by atoms with van der Waals surface area (Å²) >= 11 is 1.34. The first kappa shape index (κ1) is 21.1. The summed E-state index contributed by atoms with van der Waals surface area (Å²) in [7, 11) is 1.55. The lowest BCUT2D eigenvalue weighted by Crippen LogP contribution is -2.20. The molecule has 1 heterocycles. The second-order valence-electron chi connectivity index (χ2n) is 6.18. The number of amides is 2. The molecule has 3 rings (SSSR count). The van der Waals surface area contributed by atoms with Gasteiger partial charge in [-0.05, 0) is 48.4 Å². The highest BCUT2D eigenvalue weighted by molar-refractivity contribution is 7.13. The third-order valence-corrected chi connectivity index (χ3v) is 4.74. The topological polar surface area (TPSA) is 89.5 Å². The Morgan fingerprint density at radius 1 is 1.13 bits per heavy atom. The van der Waals surface area contributed by atoms with Gasteiger partial charge < -0.3 is 14.8 Å². The molecule has 0 aliphatic heterocycles. The van der Waals surface area contributed by atoms with E-state index in [0.717, 1.165) is 12.0 Å². The van der Waals surface area contributed by atoms with Crippen molar-refractivity contribution in [1.29, 1.82) is 0 Å². The number of nitrogens with one attached hydrogen (secondary N) is 2. The molecule has 30 heavy (non-hydrogen) atoms. The second kappa shape index (κ2) is 10.2. The van der Waals surface area contributed by atoms with Gasteiger partial charge in [-0.2, -0.15) is 0 Å². The van der Waals surface area contributed by atoms with Gasteiger partial charge in [-0.1, -0.05) is 12.1 Å². The summed E-state index contributed by atoms with van der Waals surface area (Å²) in [6.07, 6.45) is 4.14. The number of anilines is 2. The van der Waals surface area contributed by atoms with Crippen molar-refractivity contribution in [2.24, 2.45) is 0 Å². The molecule has 0 atom stereocenters. The molecule has 0 aliphatic carbocycles. The Balaban J connectivity index is 1.53. The number of aromatic nitrogens is 1. The minimum atomic E-state index is -0.327. The molecule has 2 aromatic carbocycles. The van der Waals surface area contributed by atoms with Gasteiger partial charge in [0.2, 0.25) is 0 Å². The van der Waals surface area contributed by atoms with E-state index in [1.165, 1.54) is 11.3 Å². The lowest BCUT2D eigenvalue weighted by molar-refractivity contribution is -0.118. The molecular formula is C22H21N3O4S. The van der Waals surface area contributed by atoms with E-state index >= 15 is 0 Å². The normalized spacial score (nSPS) is 10.2. The lowest BCUT2D eigenvalue weighted by atomic mass is 10.1. The number of thiazole rings is 1. The first-order valence-electron chi connectivity index (χ1n) is 9.10. The third kappa shape index (κ3) is 5.68. The molecule has 0 spiro atoms. The monoisotopic (exact) mass is 423 g/mol. The van der Waals surface area contributed by atoms with Crippen LogP contribution in [0.25, 0.3) is 0 Å². The van der Waals surface area contributed by atoms with Gasteiger partial charge in [-0.3, -0.25) is 14.9 Å². The number of allylic oxidation sites excluding steroid dienone is 1.